The second-order valence-electron chi connectivity index (χ2n) is 5.18. The standard InChI is InChI=1S/C18H18BrNO5/c1-3-24-15-9-12(18(22)23)8-13(19)17(15)25-10-16(21)20-14-7-5-4-6-11(14)2/h4-9H,3,10H2,1-2H3,(H,20,21)(H,22,23). The number of carboxylic acid groups (broad SMARTS) is 1. The number of amides is 1. The SMILES string of the molecule is CCOc1cc(C(=O)O)cc(Br)c1OCC(=O)Nc1ccccc1C. The van der Waals surface area contributed by atoms with Gasteiger partial charge < -0.3 is 19.9 Å². The number of para-hydroxylation sites is 1. The van der Waals surface area contributed by atoms with E-state index in [4.69, 9.17) is 14.6 Å². The van der Waals surface area contributed by atoms with Gasteiger partial charge in [0.15, 0.2) is 18.1 Å². The van der Waals surface area contributed by atoms with Crippen molar-refractivity contribution in [3.63, 3.8) is 0 Å². The average molecular weight is 408 g/mol. The lowest BCUT2D eigenvalue weighted by atomic mass is 10.2. The molecule has 2 N–H and O–H groups in total. The van der Waals surface area contributed by atoms with E-state index in [-0.39, 0.29) is 29.6 Å². The van der Waals surface area contributed by atoms with Crippen LogP contribution in [-0.4, -0.2) is 30.2 Å². The van der Waals surface area contributed by atoms with Crippen molar-refractivity contribution < 1.29 is 24.2 Å². The molecule has 7 heteroatoms. The Labute approximate surface area is 153 Å². The van der Waals surface area contributed by atoms with E-state index in [1.165, 1.54) is 12.1 Å². The first-order valence-electron chi connectivity index (χ1n) is 7.60. The number of hydrogen-bond donors (Lipinski definition) is 2. The van der Waals surface area contributed by atoms with Gasteiger partial charge in [-0.25, -0.2) is 4.79 Å². The maximum atomic E-state index is 12.1. The molecule has 25 heavy (non-hydrogen) atoms. The molecule has 1 amide bonds. The zero-order valence-corrected chi connectivity index (χ0v) is 15.4. The van der Waals surface area contributed by atoms with Crippen molar-refractivity contribution in [1.29, 1.82) is 0 Å². The predicted molar refractivity (Wildman–Crippen MR) is 97.6 cm³/mol. The Hall–Kier alpha value is -2.54. The summed E-state index contributed by atoms with van der Waals surface area (Å²) in [6, 6.07) is 10.2. The Bertz CT molecular complexity index is 791. The van der Waals surface area contributed by atoms with Crippen LogP contribution in [0.15, 0.2) is 40.9 Å². The predicted octanol–water partition coefficient (Wildman–Crippen LogP) is 3.87. The van der Waals surface area contributed by atoms with Crippen LogP contribution in [0.3, 0.4) is 0 Å². The van der Waals surface area contributed by atoms with Gasteiger partial charge >= 0.3 is 5.97 Å². The summed E-state index contributed by atoms with van der Waals surface area (Å²) in [5.74, 6) is -0.860. The number of benzene rings is 2. The van der Waals surface area contributed by atoms with Gasteiger partial charge in [0.25, 0.3) is 5.91 Å². The van der Waals surface area contributed by atoms with Crippen LogP contribution in [0, 0.1) is 6.92 Å². The van der Waals surface area contributed by atoms with Crippen molar-refractivity contribution in [2.75, 3.05) is 18.5 Å². The van der Waals surface area contributed by atoms with Gasteiger partial charge in [-0.1, -0.05) is 18.2 Å². The first-order chi connectivity index (χ1) is 11.9. The fourth-order valence-electron chi connectivity index (χ4n) is 2.13. The van der Waals surface area contributed by atoms with Crippen LogP contribution in [0.5, 0.6) is 11.5 Å². The monoisotopic (exact) mass is 407 g/mol. The third-order valence-electron chi connectivity index (χ3n) is 3.32. The number of carbonyl (C=O) groups excluding carboxylic acids is 1. The lowest BCUT2D eigenvalue weighted by Crippen LogP contribution is -2.21. The van der Waals surface area contributed by atoms with Gasteiger partial charge in [0.1, 0.15) is 0 Å². The lowest BCUT2D eigenvalue weighted by molar-refractivity contribution is -0.118. The van der Waals surface area contributed by atoms with E-state index in [0.29, 0.717) is 16.8 Å². The number of anilines is 1. The molecule has 132 valence electrons. The minimum Gasteiger partial charge on any atom is -0.490 e. The number of aromatic carboxylic acids is 1. The molecule has 0 aliphatic heterocycles. The molecule has 0 spiro atoms. The molecule has 2 rings (SSSR count). The smallest absolute Gasteiger partial charge is 0.335 e. The molecular weight excluding hydrogens is 390 g/mol. The maximum Gasteiger partial charge on any atom is 0.335 e. The molecule has 2 aromatic rings. The zero-order chi connectivity index (χ0) is 18.4. The minimum atomic E-state index is -1.08. The van der Waals surface area contributed by atoms with Crippen LogP contribution in [0.4, 0.5) is 5.69 Å². The number of carboxylic acids is 1. The summed E-state index contributed by atoms with van der Waals surface area (Å²) in [6.45, 7) is 3.77. The number of carbonyl (C=O) groups is 2. The minimum absolute atomic E-state index is 0.0621. The molecule has 0 aliphatic carbocycles. The molecule has 6 nitrogen and oxygen atoms in total. The summed E-state index contributed by atoms with van der Waals surface area (Å²) in [4.78, 5) is 23.2. The van der Waals surface area contributed by atoms with E-state index >= 15 is 0 Å². The Balaban J connectivity index is 2.12. The average Bonchev–Trinajstić information content (AvgIpc) is 2.56. The number of rotatable bonds is 7. The Morgan fingerprint density at radius 1 is 1.20 bits per heavy atom. The Morgan fingerprint density at radius 3 is 2.56 bits per heavy atom. The molecule has 0 saturated heterocycles. The summed E-state index contributed by atoms with van der Waals surface area (Å²) < 4.78 is 11.4. The summed E-state index contributed by atoms with van der Waals surface area (Å²) >= 11 is 3.26. The molecule has 0 aromatic heterocycles. The number of ether oxygens (including phenoxy) is 2. The van der Waals surface area contributed by atoms with Crippen molar-refractivity contribution in [2.45, 2.75) is 13.8 Å². The number of nitrogens with one attached hydrogen (secondary N) is 1. The highest BCUT2D eigenvalue weighted by molar-refractivity contribution is 9.10. The van der Waals surface area contributed by atoms with Gasteiger partial charge in [0.2, 0.25) is 0 Å². The van der Waals surface area contributed by atoms with Gasteiger partial charge in [-0.3, -0.25) is 4.79 Å². The van der Waals surface area contributed by atoms with Gasteiger partial charge in [0, 0.05) is 5.69 Å². The molecule has 0 heterocycles. The molecule has 0 bridgehead atoms. The third kappa shape index (κ3) is 4.96. The van der Waals surface area contributed by atoms with Crippen molar-refractivity contribution in [3.8, 4) is 11.5 Å². The van der Waals surface area contributed by atoms with E-state index in [2.05, 4.69) is 21.2 Å². The van der Waals surface area contributed by atoms with Gasteiger partial charge in [-0.15, -0.1) is 0 Å². The number of hydrogen-bond acceptors (Lipinski definition) is 4. The van der Waals surface area contributed by atoms with Gasteiger partial charge in [-0.2, -0.15) is 0 Å². The highest BCUT2D eigenvalue weighted by atomic mass is 79.9. The van der Waals surface area contributed by atoms with Crippen LogP contribution in [0.1, 0.15) is 22.8 Å². The van der Waals surface area contributed by atoms with Gasteiger partial charge in [0.05, 0.1) is 16.6 Å². The summed E-state index contributed by atoms with van der Waals surface area (Å²) in [5, 5.41) is 11.9. The molecule has 2 aromatic carbocycles. The van der Waals surface area contributed by atoms with Crippen molar-refractivity contribution >= 4 is 33.5 Å². The second kappa shape index (κ2) is 8.53. The lowest BCUT2D eigenvalue weighted by Gasteiger charge is -2.15. The fraction of sp³-hybridized carbons (Fsp3) is 0.222. The zero-order valence-electron chi connectivity index (χ0n) is 13.8. The Kier molecular flexibility index (Phi) is 6.41. The molecular formula is C18H18BrNO5. The van der Waals surface area contributed by atoms with E-state index in [1.807, 2.05) is 25.1 Å². The largest absolute Gasteiger partial charge is 0.490 e. The number of aryl methyl sites for hydroxylation is 1. The summed E-state index contributed by atoms with van der Waals surface area (Å²) in [7, 11) is 0. The quantitative estimate of drug-likeness (QED) is 0.727. The normalized spacial score (nSPS) is 10.2. The van der Waals surface area contributed by atoms with E-state index in [9.17, 15) is 9.59 Å². The molecule has 0 fully saturated rings. The second-order valence-corrected chi connectivity index (χ2v) is 6.03. The van der Waals surface area contributed by atoms with E-state index in [0.717, 1.165) is 5.56 Å². The molecule has 0 radical (unpaired) electrons. The van der Waals surface area contributed by atoms with E-state index in [1.54, 1.807) is 13.0 Å². The van der Waals surface area contributed by atoms with E-state index < -0.39 is 5.97 Å². The Morgan fingerprint density at radius 2 is 1.92 bits per heavy atom. The molecule has 0 saturated carbocycles. The maximum absolute atomic E-state index is 12.1. The number of halogens is 1. The van der Waals surface area contributed by atoms with Crippen LogP contribution >= 0.6 is 15.9 Å². The van der Waals surface area contributed by atoms with Crippen LogP contribution in [0.25, 0.3) is 0 Å². The van der Waals surface area contributed by atoms with Crippen LogP contribution < -0.4 is 14.8 Å². The van der Waals surface area contributed by atoms with Crippen molar-refractivity contribution in [1.82, 2.24) is 0 Å². The van der Waals surface area contributed by atoms with Gasteiger partial charge in [-0.05, 0) is 53.5 Å². The molecule has 0 atom stereocenters. The van der Waals surface area contributed by atoms with Crippen LogP contribution in [-0.2, 0) is 4.79 Å². The topological polar surface area (TPSA) is 84.9 Å². The van der Waals surface area contributed by atoms with Crippen LogP contribution in [0.2, 0.25) is 0 Å². The highest BCUT2D eigenvalue weighted by Crippen LogP contribution is 2.37. The van der Waals surface area contributed by atoms with Crippen molar-refractivity contribution in [3.05, 3.63) is 52.0 Å². The summed E-state index contributed by atoms with van der Waals surface area (Å²) in [6.07, 6.45) is 0. The highest BCUT2D eigenvalue weighted by Gasteiger charge is 2.17. The first-order valence-corrected chi connectivity index (χ1v) is 8.39. The van der Waals surface area contributed by atoms with Crippen molar-refractivity contribution in [2.24, 2.45) is 0 Å². The molecule has 0 aliphatic rings. The summed E-state index contributed by atoms with van der Waals surface area (Å²) in [5.41, 5.74) is 1.71. The first kappa shape index (κ1) is 18.8. The molecule has 0 unspecified atom stereocenters. The fourth-order valence-corrected chi connectivity index (χ4v) is 2.69. The third-order valence-corrected chi connectivity index (χ3v) is 3.91.